The minimum atomic E-state index is 1.27. The van der Waals surface area contributed by atoms with Crippen LogP contribution in [-0.4, -0.2) is 0 Å². The Morgan fingerprint density at radius 3 is 1.21 bits per heavy atom. The second-order valence-electron chi connectivity index (χ2n) is 6.77. The zero-order valence-corrected chi connectivity index (χ0v) is 16.2. The first kappa shape index (κ1) is 20.0. The highest BCUT2D eigenvalue weighted by Gasteiger charge is 1.95. The number of allylic oxidation sites excluding steroid dienone is 4. The molecule has 0 spiro atoms. The first-order valence-corrected chi connectivity index (χ1v) is 8.77. The van der Waals surface area contributed by atoms with Gasteiger partial charge in [0, 0.05) is 0 Å². The van der Waals surface area contributed by atoms with Crippen LogP contribution in [0.3, 0.4) is 0 Å². The van der Waals surface area contributed by atoms with Crippen LogP contribution >= 0.6 is 0 Å². The smallest absolute Gasteiger partial charge is 0.0283 e. The van der Waals surface area contributed by atoms with Crippen molar-refractivity contribution >= 4 is 0 Å². The molecule has 0 fully saturated rings. The topological polar surface area (TPSA) is 0 Å². The third kappa shape index (κ3) is 8.53. The first-order valence-electron chi connectivity index (χ1n) is 8.77. The lowest BCUT2D eigenvalue weighted by Crippen LogP contribution is -1.85. The zero-order chi connectivity index (χ0) is 17.9. The molecule has 1 aliphatic rings. The Labute approximate surface area is 148 Å². The SMILES string of the molecule is CC1=CC=C(C)CC1.Cc1cccc(C)c1.Cc1ccccc1C. The Hall–Kier alpha value is -2.08. The van der Waals surface area contributed by atoms with E-state index in [0.29, 0.717) is 0 Å². The predicted octanol–water partition coefficient (Wildman–Crippen LogP) is 7.28. The summed E-state index contributed by atoms with van der Waals surface area (Å²) in [5.41, 5.74) is 8.43. The number of aryl methyl sites for hydroxylation is 4. The standard InChI is InChI=1S/C8H12.2C8H10/c1-7-3-5-8(2)6-4-7;1-7-4-3-5-8(2)6-7;1-7-5-3-4-6-8(7)2/h3,5H,4,6H2,1-2H3;2*3-6H,1-2H3. The third-order valence-corrected chi connectivity index (χ3v) is 4.17. The van der Waals surface area contributed by atoms with Crippen LogP contribution in [0, 0.1) is 27.7 Å². The van der Waals surface area contributed by atoms with E-state index in [4.69, 9.17) is 0 Å². The average Bonchev–Trinajstić information content (AvgIpc) is 2.54. The number of rotatable bonds is 0. The summed E-state index contributed by atoms with van der Waals surface area (Å²) in [5, 5.41) is 0. The fourth-order valence-corrected chi connectivity index (χ4v) is 2.32. The second kappa shape index (κ2) is 10.6. The maximum atomic E-state index is 2.21. The van der Waals surface area contributed by atoms with Gasteiger partial charge in [-0.3, -0.25) is 0 Å². The summed E-state index contributed by atoms with van der Waals surface area (Å²) < 4.78 is 0. The highest BCUT2D eigenvalue weighted by molar-refractivity contribution is 5.23. The minimum absolute atomic E-state index is 1.27. The maximum absolute atomic E-state index is 2.21. The summed E-state index contributed by atoms with van der Waals surface area (Å²) in [6.45, 7) is 12.8. The molecule has 128 valence electrons. The summed E-state index contributed by atoms with van der Waals surface area (Å²) in [6.07, 6.45) is 6.95. The fourth-order valence-electron chi connectivity index (χ4n) is 2.32. The molecule has 0 nitrogen and oxygen atoms in total. The van der Waals surface area contributed by atoms with Gasteiger partial charge in [0.05, 0.1) is 0 Å². The van der Waals surface area contributed by atoms with Crippen molar-refractivity contribution in [1.82, 2.24) is 0 Å². The largest absolute Gasteiger partial charge is 0.0730 e. The summed E-state index contributed by atoms with van der Waals surface area (Å²) in [5.74, 6) is 0. The highest BCUT2D eigenvalue weighted by atomic mass is 14.0. The van der Waals surface area contributed by atoms with E-state index in [2.05, 4.69) is 102 Å². The van der Waals surface area contributed by atoms with Crippen LogP contribution in [0.15, 0.2) is 71.8 Å². The summed E-state index contributed by atoms with van der Waals surface area (Å²) >= 11 is 0. The van der Waals surface area contributed by atoms with Crippen LogP contribution in [0.4, 0.5) is 0 Å². The molecule has 0 amide bonds. The molecule has 0 aromatic heterocycles. The molecule has 0 saturated heterocycles. The Bertz CT molecular complexity index is 630. The lowest BCUT2D eigenvalue weighted by molar-refractivity contribution is 0.906. The Morgan fingerprint density at radius 2 is 0.958 bits per heavy atom. The van der Waals surface area contributed by atoms with Gasteiger partial charge in [0.25, 0.3) is 0 Å². The van der Waals surface area contributed by atoms with Crippen molar-refractivity contribution in [2.75, 3.05) is 0 Å². The van der Waals surface area contributed by atoms with E-state index in [1.807, 2.05) is 0 Å². The molecule has 1 aliphatic carbocycles. The van der Waals surface area contributed by atoms with Crippen LogP contribution < -0.4 is 0 Å². The lowest BCUT2D eigenvalue weighted by Gasteiger charge is -2.05. The molecular formula is C24H32. The van der Waals surface area contributed by atoms with E-state index < -0.39 is 0 Å². The first-order chi connectivity index (χ1) is 11.4. The van der Waals surface area contributed by atoms with Crippen molar-refractivity contribution in [2.24, 2.45) is 0 Å². The highest BCUT2D eigenvalue weighted by Crippen LogP contribution is 2.16. The molecule has 0 saturated carbocycles. The normalized spacial score (nSPS) is 12.8. The van der Waals surface area contributed by atoms with Crippen molar-refractivity contribution in [3.63, 3.8) is 0 Å². The van der Waals surface area contributed by atoms with Gasteiger partial charge >= 0.3 is 0 Å². The lowest BCUT2D eigenvalue weighted by atomic mass is 10.0. The number of hydrogen-bond donors (Lipinski definition) is 0. The van der Waals surface area contributed by atoms with Gasteiger partial charge in [-0.15, -0.1) is 0 Å². The predicted molar refractivity (Wildman–Crippen MR) is 109 cm³/mol. The molecule has 0 unspecified atom stereocenters. The van der Waals surface area contributed by atoms with E-state index in [0.717, 1.165) is 0 Å². The van der Waals surface area contributed by atoms with Crippen LogP contribution in [0.2, 0.25) is 0 Å². The summed E-state index contributed by atoms with van der Waals surface area (Å²) in [6, 6.07) is 16.8. The van der Waals surface area contributed by atoms with Crippen LogP contribution in [-0.2, 0) is 0 Å². The molecule has 0 N–H and O–H groups in total. The van der Waals surface area contributed by atoms with Gasteiger partial charge in [-0.25, -0.2) is 0 Å². The van der Waals surface area contributed by atoms with Crippen molar-refractivity contribution in [1.29, 1.82) is 0 Å². The zero-order valence-electron chi connectivity index (χ0n) is 16.2. The van der Waals surface area contributed by atoms with Crippen molar-refractivity contribution in [2.45, 2.75) is 54.4 Å². The van der Waals surface area contributed by atoms with Gasteiger partial charge in [0.2, 0.25) is 0 Å². The third-order valence-electron chi connectivity index (χ3n) is 4.17. The molecule has 0 aliphatic heterocycles. The van der Waals surface area contributed by atoms with Gasteiger partial charge < -0.3 is 0 Å². The minimum Gasteiger partial charge on any atom is -0.0730 e. The van der Waals surface area contributed by atoms with Gasteiger partial charge in [-0.05, 0) is 65.5 Å². The average molecular weight is 321 g/mol. The molecule has 0 heteroatoms. The van der Waals surface area contributed by atoms with E-state index in [-0.39, 0.29) is 0 Å². The van der Waals surface area contributed by atoms with Crippen LogP contribution in [0.25, 0.3) is 0 Å². The molecule has 24 heavy (non-hydrogen) atoms. The fraction of sp³-hybridized carbons (Fsp3) is 0.333. The summed E-state index contributed by atoms with van der Waals surface area (Å²) in [4.78, 5) is 0. The van der Waals surface area contributed by atoms with Crippen molar-refractivity contribution in [3.8, 4) is 0 Å². The van der Waals surface area contributed by atoms with Crippen molar-refractivity contribution < 1.29 is 0 Å². The summed E-state index contributed by atoms with van der Waals surface area (Å²) in [7, 11) is 0. The number of benzene rings is 2. The quantitative estimate of drug-likeness (QED) is 0.478. The van der Waals surface area contributed by atoms with E-state index in [1.54, 1.807) is 0 Å². The second-order valence-corrected chi connectivity index (χ2v) is 6.77. The molecule has 3 rings (SSSR count). The molecule has 2 aromatic carbocycles. The molecule has 0 heterocycles. The van der Waals surface area contributed by atoms with Crippen LogP contribution in [0.5, 0.6) is 0 Å². The van der Waals surface area contributed by atoms with Gasteiger partial charge in [0.1, 0.15) is 0 Å². The van der Waals surface area contributed by atoms with Gasteiger partial charge in [-0.1, -0.05) is 83.0 Å². The van der Waals surface area contributed by atoms with Crippen molar-refractivity contribution in [3.05, 3.63) is 94.1 Å². The van der Waals surface area contributed by atoms with Gasteiger partial charge in [0.15, 0.2) is 0 Å². The molecule has 0 atom stereocenters. The molecule has 0 radical (unpaired) electrons. The maximum Gasteiger partial charge on any atom is -0.0283 e. The van der Waals surface area contributed by atoms with E-state index >= 15 is 0 Å². The van der Waals surface area contributed by atoms with E-state index in [9.17, 15) is 0 Å². The molecular weight excluding hydrogens is 288 g/mol. The Morgan fingerprint density at radius 1 is 0.542 bits per heavy atom. The van der Waals surface area contributed by atoms with Gasteiger partial charge in [-0.2, -0.15) is 0 Å². The van der Waals surface area contributed by atoms with E-state index in [1.165, 1.54) is 46.2 Å². The Balaban J connectivity index is 0.000000180. The number of hydrogen-bond acceptors (Lipinski definition) is 0. The molecule has 0 bridgehead atoms. The van der Waals surface area contributed by atoms with Crippen LogP contribution in [0.1, 0.15) is 48.9 Å². The Kier molecular flexibility index (Phi) is 8.86. The monoisotopic (exact) mass is 320 g/mol. The molecule has 2 aromatic rings.